The highest BCUT2D eigenvalue weighted by molar-refractivity contribution is 8.01. The number of sulfonamides is 1. The molecule has 0 atom stereocenters. The van der Waals surface area contributed by atoms with Crippen LogP contribution < -0.4 is 9.62 Å². The molecule has 2 rings (SSSR count). The van der Waals surface area contributed by atoms with E-state index in [0.29, 0.717) is 21.1 Å². The lowest BCUT2D eigenvalue weighted by atomic mass is 10.3. The van der Waals surface area contributed by atoms with Crippen LogP contribution in [-0.2, 0) is 14.8 Å². The minimum absolute atomic E-state index is 0.331. The number of nitrogens with one attached hydrogen (secondary N) is 1. The predicted octanol–water partition coefficient (Wildman–Crippen LogP) is 3.10. The Kier molecular flexibility index (Phi) is 6.66. The molecule has 0 aliphatic rings. The monoisotopic (exact) mass is 420 g/mol. The highest BCUT2D eigenvalue weighted by Crippen LogP contribution is 2.28. The van der Waals surface area contributed by atoms with Gasteiger partial charge in [0.2, 0.25) is 21.1 Å². The molecule has 0 saturated carbocycles. The summed E-state index contributed by atoms with van der Waals surface area (Å²) in [7, 11) is -3.64. The summed E-state index contributed by atoms with van der Waals surface area (Å²) in [5.74, 6) is -0.502. The third-order valence-corrected chi connectivity index (χ3v) is 6.11. The van der Waals surface area contributed by atoms with Crippen molar-refractivity contribution in [2.75, 3.05) is 22.4 Å². The van der Waals surface area contributed by atoms with E-state index in [1.54, 1.807) is 24.3 Å². The normalized spacial score (nSPS) is 11.6. The van der Waals surface area contributed by atoms with E-state index in [-0.39, 0.29) is 6.54 Å². The molecule has 0 unspecified atom stereocenters. The molecule has 0 saturated heterocycles. The molecule has 136 valence electrons. The summed E-state index contributed by atoms with van der Waals surface area (Å²) >= 11 is 8.60. The molecule has 1 amide bonds. The van der Waals surface area contributed by atoms with E-state index in [1.165, 1.54) is 23.1 Å². The SMILES string of the molecule is CC(C)Sc1nnc(NC(=O)CN(c2ccc(Cl)cc2)S(C)(=O)=O)s1. The maximum atomic E-state index is 12.2. The van der Waals surface area contributed by atoms with Gasteiger partial charge in [-0.25, -0.2) is 8.42 Å². The molecule has 7 nitrogen and oxygen atoms in total. The number of thioether (sulfide) groups is 1. The van der Waals surface area contributed by atoms with Crippen LogP contribution in [0, 0.1) is 0 Å². The van der Waals surface area contributed by atoms with Gasteiger partial charge in [-0.3, -0.25) is 14.4 Å². The van der Waals surface area contributed by atoms with Gasteiger partial charge in [0.1, 0.15) is 6.54 Å². The van der Waals surface area contributed by atoms with Crippen molar-refractivity contribution in [1.82, 2.24) is 10.2 Å². The summed E-state index contributed by atoms with van der Waals surface area (Å²) in [5, 5.41) is 11.6. The minimum atomic E-state index is -3.64. The molecule has 0 radical (unpaired) electrons. The lowest BCUT2D eigenvalue weighted by molar-refractivity contribution is -0.114. The first-order valence-electron chi connectivity index (χ1n) is 7.18. The molecular formula is C14H17ClN4O3S3. The van der Waals surface area contributed by atoms with E-state index < -0.39 is 15.9 Å². The molecular weight excluding hydrogens is 404 g/mol. The zero-order valence-electron chi connectivity index (χ0n) is 13.8. The van der Waals surface area contributed by atoms with Gasteiger partial charge in [0, 0.05) is 10.3 Å². The lowest BCUT2D eigenvalue weighted by Gasteiger charge is -2.21. The van der Waals surface area contributed by atoms with Crippen molar-refractivity contribution in [3.05, 3.63) is 29.3 Å². The maximum Gasteiger partial charge on any atom is 0.246 e. The molecule has 1 N–H and O–H groups in total. The van der Waals surface area contributed by atoms with E-state index in [2.05, 4.69) is 15.5 Å². The maximum absolute atomic E-state index is 12.2. The first-order valence-corrected chi connectivity index (χ1v) is 11.1. The number of amides is 1. The van der Waals surface area contributed by atoms with E-state index >= 15 is 0 Å². The standard InChI is InChI=1S/C14H17ClN4O3S3/c1-9(2)23-14-18-17-13(24-14)16-12(20)8-19(25(3,21)22)11-6-4-10(15)5-7-11/h4-7,9H,8H2,1-3H3,(H,16,17,20). The number of benzene rings is 1. The van der Waals surface area contributed by atoms with Crippen molar-refractivity contribution in [1.29, 1.82) is 0 Å². The number of rotatable bonds is 7. The molecule has 11 heteroatoms. The average molecular weight is 421 g/mol. The Morgan fingerprint density at radius 3 is 2.52 bits per heavy atom. The van der Waals surface area contributed by atoms with E-state index in [1.807, 2.05) is 13.8 Å². The third-order valence-electron chi connectivity index (χ3n) is 2.79. The molecule has 0 bridgehead atoms. The third kappa shape index (κ3) is 6.14. The minimum Gasteiger partial charge on any atom is -0.299 e. The van der Waals surface area contributed by atoms with Gasteiger partial charge in [-0.05, 0) is 24.3 Å². The van der Waals surface area contributed by atoms with E-state index in [9.17, 15) is 13.2 Å². The van der Waals surface area contributed by atoms with Crippen LogP contribution in [0.25, 0.3) is 0 Å². The first-order chi connectivity index (χ1) is 11.6. The number of nitrogens with zero attached hydrogens (tertiary/aromatic N) is 3. The van der Waals surface area contributed by atoms with Crippen LogP contribution in [0.15, 0.2) is 28.6 Å². The zero-order valence-corrected chi connectivity index (χ0v) is 17.0. The van der Waals surface area contributed by atoms with Crippen LogP contribution in [-0.4, -0.2) is 42.6 Å². The Labute approximate surface area is 159 Å². The summed E-state index contributed by atoms with van der Waals surface area (Å²) in [5.41, 5.74) is 0.357. The Morgan fingerprint density at radius 2 is 1.96 bits per heavy atom. The molecule has 0 aliphatic carbocycles. The molecule has 1 heterocycles. The molecule has 1 aromatic heterocycles. The second-order valence-electron chi connectivity index (χ2n) is 5.33. The van der Waals surface area contributed by atoms with Crippen molar-refractivity contribution in [3.63, 3.8) is 0 Å². The van der Waals surface area contributed by atoms with Crippen LogP contribution >= 0.6 is 34.7 Å². The number of hydrogen-bond donors (Lipinski definition) is 1. The quantitative estimate of drug-likeness (QED) is 0.546. The Balaban J connectivity index is 2.09. The number of carbonyl (C=O) groups is 1. The Bertz CT molecular complexity index is 837. The molecule has 25 heavy (non-hydrogen) atoms. The fraction of sp³-hybridized carbons (Fsp3) is 0.357. The van der Waals surface area contributed by atoms with Crippen LogP contribution in [0.3, 0.4) is 0 Å². The van der Waals surface area contributed by atoms with Crippen LogP contribution in [0.1, 0.15) is 13.8 Å². The highest BCUT2D eigenvalue weighted by Gasteiger charge is 2.21. The van der Waals surface area contributed by atoms with Crippen LogP contribution in [0.5, 0.6) is 0 Å². The van der Waals surface area contributed by atoms with Gasteiger partial charge in [0.25, 0.3) is 0 Å². The van der Waals surface area contributed by atoms with Gasteiger partial charge in [-0.15, -0.1) is 10.2 Å². The van der Waals surface area contributed by atoms with Crippen molar-refractivity contribution < 1.29 is 13.2 Å². The predicted molar refractivity (Wildman–Crippen MR) is 103 cm³/mol. The van der Waals surface area contributed by atoms with Crippen LogP contribution in [0.4, 0.5) is 10.8 Å². The van der Waals surface area contributed by atoms with Gasteiger partial charge >= 0.3 is 0 Å². The fourth-order valence-corrected chi connectivity index (χ4v) is 4.78. The van der Waals surface area contributed by atoms with Crippen molar-refractivity contribution in [2.24, 2.45) is 0 Å². The van der Waals surface area contributed by atoms with Gasteiger partial charge in [0.15, 0.2) is 4.34 Å². The highest BCUT2D eigenvalue weighted by atomic mass is 35.5. The number of hydrogen-bond acceptors (Lipinski definition) is 7. The molecule has 0 aliphatic heterocycles. The first kappa shape index (κ1) is 20.0. The Morgan fingerprint density at radius 1 is 1.32 bits per heavy atom. The molecule has 0 spiro atoms. The number of carbonyl (C=O) groups excluding carboxylic acids is 1. The largest absolute Gasteiger partial charge is 0.299 e. The smallest absolute Gasteiger partial charge is 0.246 e. The molecule has 2 aromatic rings. The Hall–Kier alpha value is -1.36. The number of anilines is 2. The molecule has 0 fully saturated rings. The second kappa shape index (κ2) is 8.35. The summed E-state index contributed by atoms with van der Waals surface area (Å²) < 4.78 is 25.8. The van der Waals surface area contributed by atoms with Crippen LogP contribution in [0.2, 0.25) is 5.02 Å². The zero-order chi connectivity index (χ0) is 18.6. The summed E-state index contributed by atoms with van der Waals surface area (Å²) in [6, 6.07) is 6.21. The van der Waals surface area contributed by atoms with Crippen molar-refractivity contribution in [3.8, 4) is 0 Å². The van der Waals surface area contributed by atoms with Crippen molar-refractivity contribution >= 4 is 61.4 Å². The summed E-state index contributed by atoms with van der Waals surface area (Å²) in [6.45, 7) is 3.69. The topological polar surface area (TPSA) is 92.3 Å². The van der Waals surface area contributed by atoms with Crippen molar-refractivity contribution in [2.45, 2.75) is 23.4 Å². The van der Waals surface area contributed by atoms with Gasteiger partial charge < -0.3 is 0 Å². The average Bonchev–Trinajstić information content (AvgIpc) is 2.91. The van der Waals surface area contributed by atoms with E-state index in [0.717, 1.165) is 14.9 Å². The fourth-order valence-electron chi connectivity index (χ4n) is 1.81. The van der Waals surface area contributed by atoms with Gasteiger partial charge in [-0.2, -0.15) is 0 Å². The lowest BCUT2D eigenvalue weighted by Crippen LogP contribution is -2.37. The summed E-state index contributed by atoms with van der Waals surface area (Å²) in [4.78, 5) is 12.2. The second-order valence-corrected chi connectivity index (χ2v) is 10.5. The molecule has 1 aromatic carbocycles. The summed E-state index contributed by atoms with van der Waals surface area (Å²) in [6.07, 6.45) is 1.04. The number of halogens is 1. The van der Waals surface area contributed by atoms with Gasteiger partial charge in [-0.1, -0.05) is 48.5 Å². The van der Waals surface area contributed by atoms with E-state index in [4.69, 9.17) is 11.6 Å². The number of aromatic nitrogens is 2. The van der Waals surface area contributed by atoms with Gasteiger partial charge in [0.05, 0.1) is 11.9 Å².